The summed E-state index contributed by atoms with van der Waals surface area (Å²) in [7, 11) is 0. The van der Waals surface area contributed by atoms with E-state index in [1.165, 1.54) is 17.3 Å². The molecule has 0 spiro atoms. The first-order chi connectivity index (χ1) is 12.1. The molecular weight excluding hydrogens is 338 g/mol. The number of tetrazole rings is 1. The normalized spacial score (nSPS) is 17.7. The van der Waals surface area contributed by atoms with Gasteiger partial charge in [0.1, 0.15) is 0 Å². The van der Waals surface area contributed by atoms with Crippen LogP contribution >= 0.6 is 11.8 Å². The van der Waals surface area contributed by atoms with Gasteiger partial charge in [-0.25, -0.2) is 0 Å². The van der Waals surface area contributed by atoms with Gasteiger partial charge in [-0.3, -0.25) is 4.79 Å². The second kappa shape index (κ2) is 7.97. The molecule has 1 amide bonds. The number of hydrogen-bond donors (Lipinski definition) is 0. The highest BCUT2D eigenvalue weighted by atomic mass is 32.2. The van der Waals surface area contributed by atoms with Crippen molar-refractivity contribution in [1.29, 1.82) is 0 Å². The Bertz CT molecular complexity index is 748. The zero-order valence-electron chi connectivity index (χ0n) is 14.8. The number of morpholine rings is 1. The van der Waals surface area contributed by atoms with E-state index in [1.807, 2.05) is 24.0 Å². The highest BCUT2D eigenvalue weighted by Gasteiger charge is 2.23. The van der Waals surface area contributed by atoms with Crippen LogP contribution in [0.15, 0.2) is 23.4 Å². The number of rotatable bonds is 5. The molecule has 0 radical (unpaired) electrons. The topological polar surface area (TPSA) is 73.1 Å². The van der Waals surface area contributed by atoms with Gasteiger partial charge in [-0.1, -0.05) is 30.8 Å². The first-order valence-electron chi connectivity index (χ1n) is 8.47. The molecular formula is C17H23N5O2S. The number of carbonyl (C=O) groups is 1. The Morgan fingerprint density at radius 1 is 1.40 bits per heavy atom. The van der Waals surface area contributed by atoms with Gasteiger partial charge in [0.05, 0.1) is 24.2 Å². The first-order valence-corrected chi connectivity index (χ1v) is 9.45. The largest absolute Gasteiger partial charge is 0.375 e. The number of aromatic nitrogens is 4. The Balaban J connectivity index is 1.68. The maximum absolute atomic E-state index is 12.5. The average molecular weight is 361 g/mol. The van der Waals surface area contributed by atoms with Gasteiger partial charge in [0, 0.05) is 13.1 Å². The van der Waals surface area contributed by atoms with Crippen molar-refractivity contribution >= 4 is 17.7 Å². The molecule has 3 rings (SSSR count). The van der Waals surface area contributed by atoms with Crippen molar-refractivity contribution < 1.29 is 9.53 Å². The molecule has 0 saturated carbocycles. The van der Waals surface area contributed by atoms with Gasteiger partial charge in [0.2, 0.25) is 11.1 Å². The van der Waals surface area contributed by atoms with E-state index < -0.39 is 0 Å². The standard InChI is InChI=1S/C17H23N5O2S/c1-4-14-10-21(8-9-24-14)16(23)11-25-17-18-19-20-22(17)15-7-5-6-12(2)13(15)3/h5-7,14H,4,8-11H2,1-3H3/t14-/m0/s1. The van der Waals surface area contributed by atoms with Gasteiger partial charge in [0.15, 0.2) is 0 Å². The predicted octanol–water partition coefficient (Wildman–Crippen LogP) is 2.01. The molecule has 1 fully saturated rings. The number of aryl methyl sites for hydroxylation is 1. The summed E-state index contributed by atoms with van der Waals surface area (Å²) < 4.78 is 7.32. The second-order valence-corrected chi connectivity index (χ2v) is 7.06. The molecule has 1 aliphatic rings. The van der Waals surface area contributed by atoms with E-state index in [4.69, 9.17) is 4.74 Å². The van der Waals surface area contributed by atoms with Crippen LogP contribution in [0.4, 0.5) is 0 Å². The zero-order valence-corrected chi connectivity index (χ0v) is 15.6. The minimum Gasteiger partial charge on any atom is -0.375 e. The number of nitrogens with zero attached hydrogens (tertiary/aromatic N) is 5. The van der Waals surface area contributed by atoms with Crippen LogP contribution in [-0.2, 0) is 9.53 Å². The summed E-state index contributed by atoms with van der Waals surface area (Å²) in [5.74, 6) is 0.420. The third-order valence-corrected chi connectivity index (χ3v) is 5.42. The minimum absolute atomic E-state index is 0.0993. The van der Waals surface area contributed by atoms with Crippen molar-refractivity contribution in [1.82, 2.24) is 25.1 Å². The molecule has 134 valence electrons. The van der Waals surface area contributed by atoms with E-state index >= 15 is 0 Å². The lowest BCUT2D eigenvalue weighted by Gasteiger charge is -2.32. The lowest BCUT2D eigenvalue weighted by atomic mass is 10.1. The lowest BCUT2D eigenvalue weighted by Crippen LogP contribution is -2.46. The fourth-order valence-electron chi connectivity index (χ4n) is 2.80. The predicted molar refractivity (Wildman–Crippen MR) is 96.0 cm³/mol. The third kappa shape index (κ3) is 4.01. The summed E-state index contributed by atoms with van der Waals surface area (Å²) in [5.41, 5.74) is 3.25. The molecule has 0 unspecified atom stereocenters. The van der Waals surface area contributed by atoms with E-state index in [1.54, 1.807) is 4.68 Å². The van der Waals surface area contributed by atoms with E-state index in [2.05, 4.69) is 35.4 Å². The van der Waals surface area contributed by atoms with Gasteiger partial charge >= 0.3 is 0 Å². The maximum atomic E-state index is 12.5. The summed E-state index contributed by atoms with van der Waals surface area (Å²) in [6.45, 7) is 8.10. The molecule has 0 aliphatic carbocycles. The number of ether oxygens (including phenoxy) is 1. The Morgan fingerprint density at radius 3 is 3.04 bits per heavy atom. The quantitative estimate of drug-likeness (QED) is 0.759. The third-order valence-electron chi connectivity index (χ3n) is 4.52. The van der Waals surface area contributed by atoms with Crippen LogP contribution in [-0.4, -0.2) is 62.6 Å². The van der Waals surface area contributed by atoms with Crippen molar-refractivity contribution in [2.45, 2.75) is 38.5 Å². The Labute approximate surface area is 151 Å². The highest BCUT2D eigenvalue weighted by Crippen LogP contribution is 2.23. The number of thioether (sulfide) groups is 1. The monoisotopic (exact) mass is 361 g/mol. The number of hydrogen-bond acceptors (Lipinski definition) is 6. The second-order valence-electron chi connectivity index (χ2n) is 6.12. The van der Waals surface area contributed by atoms with Crippen molar-refractivity contribution in [3.8, 4) is 5.69 Å². The molecule has 1 saturated heterocycles. The van der Waals surface area contributed by atoms with Crippen LogP contribution in [0.1, 0.15) is 24.5 Å². The van der Waals surface area contributed by atoms with Gasteiger partial charge in [-0.05, 0) is 47.9 Å². The van der Waals surface area contributed by atoms with Crippen LogP contribution in [0.2, 0.25) is 0 Å². The van der Waals surface area contributed by atoms with Gasteiger partial charge in [0.25, 0.3) is 0 Å². The molecule has 7 nitrogen and oxygen atoms in total. The fourth-order valence-corrected chi connectivity index (χ4v) is 3.58. The molecule has 2 aromatic rings. The van der Waals surface area contributed by atoms with Crippen molar-refractivity contribution in [3.05, 3.63) is 29.3 Å². The van der Waals surface area contributed by atoms with Gasteiger partial charge in [-0.2, -0.15) is 4.68 Å². The van der Waals surface area contributed by atoms with Crippen LogP contribution in [0.3, 0.4) is 0 Å². The molecule has 8 heteroatoms. The Morgan fingerprint density at radius 2 is 2.24 bits per heavy atom. The summed E-state index contributed by atoms with van der Waals surface area (Å²) in [4.78, 5) is 14.4. The molecule has 0 bridgehead atoms. The molecule has 0 N–H and O–H groups in total. The van der Waals surface area contributed by atoms with Crippen LogP contribution in [0.25, 0.3) is 5.69 Å². The SMILES string of the molecule is CC[C@H]1CN(C(=O)CSc2nnnn2-c2cccc(C)c2C)CCO1. The number of amides is 1. The van der Waals surface area contributed by atoms with Crippen LogP contribution in [0, 0.1) is 13.8 Å². The van der Waals surface area contributed by atoms with Crippen molar-refractivity contribution in [2.75, 3.05) is 25.4 Å². The first kappa shape index (κ1) is 17.9. The minimum atomic E-state index is 0.0993. The summed E-state index contributed by atoms with van der Waals surface area (Å²) in [6, 6.07) is 6.03. The van der Waals surface area contributed by atoms with Crippen LogP contribution < -0.4 is 0 Å². The molecule has 25 heavy (non-hydrogen) atoms. The van der Waals surface area contributed by atoms with E-state index in [0.717, 1.165) is 17.7 Å². The van der Waals surface area contributed by atoms with E-state index in [0.29, 0.717) is 30.6 Å². The summed E-state index contributed by atoms with van der Waals surface area (Å²) in [5, 5.41) is 12.6. The zero-order chi connectivity index (χ0) is 17.8. The van der Waals surface area contributed by atoms with Crippen molar-refractivity contribution in [2.24, 2.45) is 0 Å². The maximum Gasteiger partial charge on any atom is 0.233 e. The Hall–Kier alpha value is -1.93. The lowest BCUT2D eigenvalue weighted by molar-refractivity contribution is -0.135. The number of carbonyl (C=O) groups excluding carboxylic acids is 1. The molecule has 1 aliphatic heterocycles. The van der Waals surface area contributed by atoms with Gasteiger partial charge in [-0.15, -0.1) is 5.10 Å². The fraction of sp³-hybridized carbons (Fsp3) is 0.529. The Kier molecular flexibility index (Phi) is 5.70. The molecule has 1 atom stereocenters. The van der Waals surface area contributed by atoms with E-state index in [9.17, 15) is 4.79 Å². The highest BCUT2D eigenvalue weighted by molar-refractivity contribution is 7.99. The molecule has 1 aromatic carbocycles. The summed E-state index contributed by atoms with van der Waals surface area (Å²) in [6.07, 6.45) is 1.06. The number of benzene rings is 1. The van der Waals surface area contributed by atoms with Crippen molar-refractivity contribution in [3.63, 3.8) is 0 Å². The van der Waals surface area contributed by atoms with E-state index in [-0.39, 0.29) is 12.0 Å². The molecule has 1 aromatic heterocycles. The average Bonchev–Trinajstić information content (AvgIpc) is 3.10. The van der Waals surface area contributed by atoms with Gasteiger partial charge < -0.3 is 9.64 Å². The smallest absolute Gasteiger partial charge is 0.233 e. The molecule has 2 heterocycles. The van der Waals surface area contributed by atoms with Crippen LogP contribution in [0.5, 0.6) is 0 Å². The summed E-state index contributed by atoms with van der Waals surface area (Å²) >= 11 is 1.37.